The fourth-order valence-electron chi connectivity index (χ4n) is 3.14. The molecule has 2 aliphatic rings. The van der Waals surface area contributed by atoms with Crippen LogP contribution in [0.5, 0.6) is 0 Å². The third kappa shape index (κ3) is 2.21. The van der Waals surface area contributed by atoms with Gasteiger partial charge in [0.25, 0.3) is 5.91 Å². The zero-order valence-electron chi connectivity index (χ0n) is 12.0. The summed E-state index contributed by atoms with van der Waals surface area (Å²) in [5, 5.41) is 0. The SMILES string of the molecule is O=C1CO[C@H]2CN(c3ncccn3)C[C@@H]2N1c1ccccc1. The highest BCUT2D eigenvalue weighted by Gasteiger charge is 2.44. The van der Waals surface area contributed by atoms with Crippen LogP contribution in [0.2, 0.25) is 0 Å². The summed E-state index contributed by atoms with van der Waals surface area (Å²) in [5.41, 5.74) is 0.918. The van der Waals surface area contributed by atoms with Gasteiger partial charge in [0.15, 0.2) is 0 Å². The predicted octanol–water partition coefficient (Wildman–Crippen LogP) is 1.10. The summed E-state index contributed by atoms with van der Waals surface area (Å²) < 4.78 is 5.73. The van der Waals surface area contributed by atoms with Crippen LogP contribution in [0.1, 0.15) is 0 Å². The molecule has 0 unspecified atom stereocenters. The van der Waals surface area contributed by atoms with Crippen LogP contribution in [0.3, 0.4) is 0 Å². The Morgan fingerprint density at radius 3 is 2.59 bits per heavy atom. The van der Waals surface area contributed by atoms with Crippen molar-refractivity contribution in [2.75, 3.05) is 29.5 Å². The molecule has 6 nitrogen and oxygen atoms in total. The number of anilines is 2. The van der Waals surface area contributed by atoms with E-state index in [0.717, 1.165) is 5.69 Å². The van der Waals surface area contributed by atoms with E-state index in [4.69, 9.17) is 4.74 Å². The van der Waals surface area contributed by atoms with Crippen LogP contribution in [-0.4, -0.2) is 47.7 Å². The maximum Gasteiger partial charge on any atom is 0.253 e. The molecule has 2 aliphatic heterocycles. The first-order valence-electron chi connectivity index (χ1n) is 7.33. The van der Waals surface area contributed by atoms with Crippen molar-refractivity contribution < 1.29 is 9.53 Å². The lowest BCUT2D eigenvalue weighted by Crippen LogP contribution is -2.54. The van der Waals surface area contributed by atoms with Gasteiger partial charge in [-0.15, -0.1) is 0 Å². The van der Waals surface area contributed by atoms with Gasteiger partial charge in [0, 0.05) is 31.2 Å². The molecule has 1 amide bonds. The van der Waals surface area contributed by atoms with Crippen LogP contribution in [0.25, 0.3) is 0 Å². The van der Waals surface area contributed by atoms with Crippen molar-refractivity contribution in [3.05, 3.63) is 48.8 Å². The molecule has 0 spiro atoms. The molecular weight excluding hydrogens is 280 g/mol. The second-order valence-electron chi connectivity index (χ2n) is 5.47. The zero-order valence-corrected chi connectivity index (χ0v) is 12.0. The Labute approximate surface area is 128 Å². The Morgan fingerprint density at radius 1 is 1.05 bits per heavy atom. The number of rotatable bonds is 2. The number of aromatic nitrogens is 2. The summed E-state index contributed by atoms with van der Waals surface area (Å²) >= 11 is 0. The lowest BCUT2D eigenvalue weighted by Gasteiger charge is -2.36. The van der Waals surface area contributed by atoms with Gasteiger partial charge in [0.2, 0.25) is 5.95 Å². The van der Waals surface area contributed by atoms with Crippen molar-refractivity contribution in [2.45, 2.75) is 12.1 Å². The Balaban J connectivity index is 1.63. The molecule has 2 atom stereocenters. The first kappa shape index (κ1) is 13.2. The molecule has 4 rings (SSSR count). The quantitative estimate of drug-likeness (QED) is 0.830. The van der Waals surface area contributed by atoms with Gasteiger partial charge in [-0.3, -0.25) is 4.79 Å². The molecule has 3 heterocycles. The third-order valence-electron chi connectivity index (χ3n) is 4.13. The van der Waals surface area contributed by atoms with Gasteiger partial charge in [-0.1, -0.05) is 18.2 Å². The molecular formula is C16H16N4O2. The number of ether oxygens (including phenoxy) is 1. The topological polar surface area (TPSA) is 58.6 Å². The van der Waals surface area contributed by atoms with Gasteiger partial charge >= 0.3 is 0 Å². The van der Waals surface area contributed by atoms with E-state index in [-0.39, 0.29) is 24.7 Å². The molecule has 0 saturated carbocycles. The van der Waals surface area contributed by atoms with Crippen LogP contribution in [-0.2, 0) is 9.53 Å². The molecule has 1 aromatic heterocycles. The van der Waals surface area contributed by atoms with E-state index in [1.165, 1.54) is 0 Å². The van der Waals surface area contributed by atoms with Gasteiger partial charge in [-0.05, 0) is 18.2 Å². The van der Waals surface area contributed by atoms with E-state index in [2.05, 4.69) is 14.9 Å². The number of amides is 1. The molecule has 0 aliphatic carbocycles. The summed E-state index contributed by atoms with van der Waals surface area (Å²) in [5.74, 6) is 0.684. The number of morpholine rings is 1. The third-order valence-corrected chi connectivity index (χ3v) is 4.13. The zero-order chi connectivity index (χ0) is 14.9. The largest absolute Gasteiger partial charge is 0.364 e. The first-order valence-corrected chi connectivity index (χ1v) is 7.33. The lowest BCUT2D eigenvalue weighted by molar-refractivity contribution is -0.130. The molecule has 0 bridgehead atoms. The summed E-state index contributed by atoms with van der Waals surface area (Å²) in [6, 6.07) is 11.5. The minimum absolute atomic E-state index is 0.00304. The average Bonchev–Trinajstić information content (AvgIpc) is 3.00. The van der Waals surface area contributed by atoms with Gasteiger partial charge in [-0.25, -0.2) is 9.97 Å². The summed E-state index contributed by atoms with van der Waals surface area (Å²) in [4.78, 5) is 24.8. The minimum Gasteiger partial charge on any atom is -0.364 e. The number of carbonyl (C=O) groups excluding carboxylic acids is 1. The molecule has 112 valence electrons. The normalized spacial score (nSPS) is 24.5. The molecule has 2 saturated heterocycles. The molecule has 1 aromatic carbocycles. The van der Waals surface area contributed by atoms with E-state index < -0.39 is 0 Å². The second kappa shape index (κ2) is 5.38. The van der Waals surface area contributed by atoms with Crippen LogP contribution in [0.4, 0.5) is 11.6 Å². The van der Waals surface area contributed by atoms with Crippen molar-refractivity contribution in [1.29, 1.82) is 0 Å². The molecule has 2 fully saturated rings. The highest BCUT2D eigenvalue weighted by molar-refractivity contribution is 5.96. The van der Waals surface area contributed by atoms with Crippen LogP contribution in [0, 0.1) is 0 Å². The molecule has 6 heteroatoms. The van der Waals surface area contributed by atoms with Crippen LogP contribution in [0.15, 0.2) is 48.8 Å². The summed E-state index contributed by atoms with van der Waals surface area (Å²) in [7, 11) is 0. The highest BCUT2D eigenvalue weighted by atomic mass is 16.5. The minimum atomic E-state index is -0.0123. The number of benzene rings is 1. The Morgan fingerprint density at radius 2 is 1.82 bits per heavy atom. The van der Waals surface area contributed by atoms with E-state index in [1.54, 1.807) is 18.5 Å². The molecule has 22 heavy (non-hydrogen) atoms. The van der Waals surface area contributed by atoms with E-state index in [0.29, 0.717) is 19.0 Å². The second-order valence-corrected chi connectivity index (χ2v) is 5.47. The first-order chi connectivity index (χ1) is 10.8. The van der Waals surface area contributed by atoms with Crippen LogP contribution < -0.4 is 9.80 Å². The predicted molar refractivity (Wildman–Crippen MR) is 81.7 cm³/mol. The monoisotopic (exact) mass is 296 g/mol. The number of fused-ring (bicyclic) bond motifs is 1. The van der Waals surface area contributed by atoms with Crippen molar-refractivity contribution in [3.8, 4) is 0 Å². The molecule has 2 aromatic rings. The highest BCUT2D eigenvalue weighted by Crippen LogP contribution is 2.29. The van der Waals surface area contributed by atoms with Crippen molar-refractivity contribution >= 4 is 17.5 Å². The maximum absolute atomic E-state index is 12.3. The number of hydrogen-bond acceptors (Lipinski definition) is 5. The van der Waals surface area contributed by atoms with Crippen LogP contribution >= 0.6 is 0 Å². The Kier molecular flexibility index (Phi) is 3.23. The Bertz CT molecular complexity index is 664. The Hall–Kier alpha value is -2.47. The fraction of sp³-hybridized carbons (Fsp3) is 0.312. The summed E-state index contributed by atoms with van der Waals surface area (Å²) in [6.45, 7) is 1.50. The van der Waals surface area contributed by atoms with Gasteiger partial charge in [0.1, 0.15) is 6.61 Å². The number of carbonyl (C=O) groups is 1. The maximum atomic E-state index is 12.3. The molecule has 0 N–H and O–H groups in total. The van der Waals surface area contributed by atoms with E-state index >= 15 is 0 Å². The number of para-hydroxylation sites is 1. The number of hydrogen-bond donors (Lipinski definition) is 0. The lowest BCUT2D eigenvalue weighted by atomic mass is 10.1. The standard InChI is InChI=1S/C16H16N4O2/c21-15-11-22-14-10-19(16-17-7-4-8-18-16)9-13(14)20(15)12-5-2-1-3-6-12/h1-8,13-14H,9-11H2/t13-,14-/m0/s1. The van der Waals surface area contributed by atoms with E-state index in [9.17, 15) is 4.79 Å². The van der Waals surface area contributed by atoms with Crippen molar-refractivity contribution in [3.63, 3.8) is 0 Å². The van der Waals surface area contributed by atoms with E-state index in [1.807, 2.05) is 35.2 Å². The van der Waals surface area contributed by atoms with Gasteiger partial charge in [-0.2, -0.15) is 0 Å². The van der Waals surface area contributed by atoms with Crippen molar-refractivity contribution in [2.24, 2.45) is 0 Å². The average molecular weight is 296 g/mol. The number of nitrogens with zero attached hydrogens (tertiary/aromatic N) is 4. The van der Waals surface area contributed by atoms with Crippen molar-refractivity contribution in [1.82, 2.24) is 9.97 Å². The smallest absolute Gasteiger partial charge is 0.253 e. The van der Waals surface area contributed by atoms with Gasteiger partial charge in [0.05, 0.1) is 12.1 Å². The van der Waals surface area contributed by atoms with Gasteiger partial charge < -0.3 is 14.5 Å². The molecule has 0 radical (unpaired) electrons. The fourth-order valence-corrected chi connectivity index (χ4v) is 3.14. The summed E-state index contributed by atoms with van der Waals surface area (Å²) in [6.07, 6.45) is 3.44.